The van der Waals surface area contributed by atoms with Gasteiger partial charge < -0.3 is 5.32 Å². The van der Waals surface area contributed by atoms with Gasteiger partial charge in [0.25, 0.3) is 0 Å². The number of hydrogen-bond acceptors (Lipinski definition) is 3. The lowest BCUT2D eigenvalue weighted by atomic mass is 9.78. The van der Waals surface area contributed by atoms with Crippen molar-refractivity contribution in [1.29, 1.82) is 0 Å². The lowest BCUT2D eigenvalue weighted by Crippen LogP contribution is -2.39. The van der Waals surface area contributed by atoms with Gasteiger partial charge in [0.15, 0.2) is 0 Å². The van der Waals surface area contributed by atoms with E-state index in [4.69, 9.17) is 23.2 Å². The Labute approximate surface area is 129 Å². The van der Waals surface area contributed by atoms with E-state index in [1.165, 1.54) is 6.07 Å². The van der Waals surface area contributed by atoms with Crippen molar-refractivity contribution in [2.24, 2.45) is 11.8 Å². The summed E-state index contributed by atoms with van der Waals surface area (Å²) in [5, 5.41) is 2.15. The summed E-state index contributed by atoms with van der Waals surface area (Å²) in [6.07, 6.45) is -3.16. The smallest absolute Gasteiger partial charge is 0.310 e. The van der Waals surface area contributed by atoms with Gasteiger partial charge in [-0.3, -0.25) is 4.79 Å². The molecule has 0 aromatic carbocycles. The predicted molar refractivity (Wildman–Crippen MR) is 72.2 cm³/mol. The number of carbonyl (C=O) groups excluding carboxylic acids is 1. The Morgan fingerprint density at radius 1 is 1.24 bits per heavy atom. The maximum Gasteiger partial charge on any atom is 0.392 e. The minimum absolute atomic E-state index is 0.00122. The first-order valence-corrected chi connectivity index (χ1v) is 7.10. The second-order valence-corrected chi connectivity index (χ2v) is 5.60. The molecule has 116 valence electrons. The van der Waals surface area contributed by atoms with Crippen LogP contribution < -0.4 is 5.32 Å². The van der Waals surface area contributed by atoms with Crippen LogP contribution in [0.1, 0.15) is 25.7 Å². The summed E-state index contributed by atoms with van der Waals surface area (Å²) < 4.78 is 38.9. The highest BCUT2D eigenvalue weighted by Crippen LogP contribution is 2.41. The average Bonchev–Trinajstić information content (AvgIpc) is 2.36. The second-order valence-electron chi connectivity index (χ2n) is 4.87. The largest absolute Gasteiger partial charge is 0.392 e. The molecule has 1 aliphatic carbocycles. The highest BCUT2D eigenvalue weighted by atomic mass is 35.5. The number of nitrogens with zero attached hydrogens (tertiary/aromatic N) is 2. The Morgan fingerprint density at radius 3 is 2.52 bits per heavy atom. The molecule has 4 nitrogen and oxygen atoms in total. The van der Waals surface area contributed by atoms with Crippen molar-refractivity contribution in [3.8, 4) is 0 Å². The van der Waals surface area contributed by atoms with Crippen molar-refractivity contribution in [2.45, 2.75) is 31.9 Å². The minimum atomic E-state index is -4.39. The molecule has 2 unspecified atom stereocenters. The molecule has 9 heteroatoms. The standard InChI is InChI=1S/C12H12Cl2F3N3O/c13-8-5-9(20-11(14)18-8)19-10(21)6-3-1-2-4-7(6)12(15,16)17/h5-7H,1-4H2,(H,18,19,20,21). The zero-order valence-corrected chi connectivity index (χ0v) is 12.3. The van der Waals surface area contributed by atoms with Gasteiger partial charge >= 0.3 is 6.18 Å². The van der Waals surface area contributed by atoms with E-state index >= 15 is 0 Å². The number of aromatic nitrogens is 2. The third kappa shape index (κ3) is 4.20. The highest BCUT2D eigenvalue weighted by molar-refractivity contribution is 6.32. The van der Waals surface area contributed by atoms with Crippen molar-refractivity contribution in [2.75, 3.05) is 5.32 Å². The summed E-state index contributed by atoms with van der Waals surface area (Å²) in [7, 11) is 0. The molecule has 21 heavy (non-hydrogen) atoms. The molecule has 1 saturated carbocycles. The van der Waals surface area contributed by atoms with Crippen molar-refractivity contribution >= 4 is 34.9 Å². The molecule has 2 rings (SSSR count). The molecule has 0 spiro atoms. The van der Waals surface area contributed by atoms with Gasteiger partial charge in [0.2, 0.25) is 11.2 Å². The van der Waals surface area contributed by atoms with Crippen LogP contribution in [-0.4, -0.2) is 22.1 Å². The molecule has 0 aliphatic heterocycles. The summed E-state index contributed by atoms with van der Waals surface area (Å²) >= 11 is 11.2. The van der Waals surface area contributed by atoms with E-state index < -0.39 is 23.9 Å². The number of alkyl halides is 3. The number of nitrogens with one attached hydrogen (secondary N) is 1. The fraction of sp³-hybridized carbons (Fsp3) is 0.583. The van der Waals surface area contributed by atoms with Crippen molar-refractivity contribution < 1.29 is 18.0 Å². The Morgan fingerprint density at radius 2 is 1.90 bits per heavy atom. The van der Waals surface area contributed by atoms with Gasteiger partial charge in [-0.05, 0) is 24.4 Å². The van der Waals surface area contributed by atoms with Crippen LogP contribution in [0, 0.1) is 11.8 Å². The number of rotatable bonds is 2. The van der Waals surface area contributed by atoms with Crippen LogP contribution in [0.2, 0.25) is 10.4 Å². The van der Waals surface area contributed by atoms with Crippen LogP contribution in [0.4, 0.5) is 19.0 Å². The van der Waals surface area contributed by atoms with Crippen LogP contribution >= 0.6 is 23.2 Å². The van der Waals surface area contributed by atoms with Gasteiger partial charge in [0.05, 0.1) is 5.92 Å². The van der Waals surface area contributed by atoms with Gasteiger partial charge in [-0.25, -0.2) is 9.97 Å². The monoisotopic (exact) mass is 341 g/mol. The first-order valence-electron chi connectivity index (χ1n) is 6.35. The zero-order valence-electron chi connectivity index (χ0n) is 10.8. The quantitative estimate of drug-likeness (QED) is 0.651. The molecule has 1 aromatic heterocycles. The molecule has 1 aliphatic rings. The van der Waals surface area contributed by atoms with Crippen molar-refractivity contribution in [1.82, 2.24) is 9.97 Å². The molecule has 0 bridgehead atoms. The van der Waals surface area contributed by atoms with E-state index in [0.29, 0.717) is 12.8 Å². The third-order valence-electron chi connectivity index (χ3n) is 3.44. The van der Waals surface area contributed by atoms with Crippen LogP contribution in [0.15, 0.2) is 6.07 Å². The lowest BCUT2D eigenvalue weighted by molar-refractivity contribution is -0.197. The van der Waals surface area contributed by atoms with E-state index in [9.17, 15) is 18.0 Å². The van der Waals surface area contributed by atoms with Crippen molar-refractivity contribution in [3.05, 3.63) is 16.5 Å². The summed E-state index contributed by atoms with van der Waals surface area (Å²) in [5.74, 6) is -3.47. The third-order valence-corrected chi connectivity index (χ3v) is 3.80. The van der Waals surface area contributed by atoms with E-state index in [1.807, 2.05) is 0 Å². The van der Waals surface area contributed by atoms with E-state index in [1.54, 1.807) is 0 Å². The Hall–Kier alpha value is -1.08. The summed E-state index contributed by atoms with van der Waals surface area (Å²) in [5.41, 5.74) is 0. The Bertz CT molecular complexity index is 519. The maximum absolute atomic E-state index is 13.0. The number of amides is 1. The Balaban J connectivity index is 2.14. The number of anilines is 1. The van der Waals surface area contributed by atoms with Gasteiger partial charge in [-0.15, -0.1) is 0 Å². The molecule has 1 aromatic rings. The van der Waals surface area contributed by atoms with Gasteiger partial charge in [-0.2, -0.15) is 13.2 Å². The van der Waals surface area contributed by atoms with Gasteiger partial charge in [0.1, 0.15) is 11.0 Å². The normalized spacial score (nSPS) is 22.9. The number of carbonyl (C=O) groups is 1. The van der Waals surface area contributed by atoms with E-state index in [-0.39, 0.29) is 29.1 Å². The Kier molecular flexibility index (Phi) is 4.93. The second kappa shape index (κ2) is 6.36. The predicted octanol–water partition coefficient (Wildman–Crippen LogP) is 4.09. The first kappa shape index (κ1) is 16.3. The lowest BCUT2D eigenvalue weighted by Gasteiger charge is -2.31. The first-order chi connectivity index (χ1) is 9.77. The van der Waals surface area contributed by atoms with E-state index in [2.05, 4.69) is 15.3 Å². The van der Waals surface area contributed by atoms with Crippen LogP contribution in [0.3, 0.4) is 0 Å². The highest BCUT2D eigenvalue weighted by Gasteiger charge is 2.48. The summed E-state index contributed by atoms with van der Waals surface area (Å²) in [4.78, 5) is 19.4. The molecule has 1 heterocycles. The van der Waals surface area contributed by atoms with E-state index in [0.717, 1.165) is 0 Å². The molecule has 2 atom stereocenters. The SMILES string of the molecule is O=C(Nc1cc(Cl)nc(Cl)n1)C1CCCCC1C(F)(F)F. The molecule has 0 radical (unpaired) electrons. The molecule has 1 N–H and O–H groups in total. The molecule has 1 fully saturated rings. The number of hydrogen-bond donors (Lipinski definition) is 1. The van der Waals surface area contributed by atoms with Crippen LogP contribution in [0.25, 0.3) is 0 Å². The fourth-order valence-electron chi connectivity index (χ4n) is 2.51. The van der Waals surface area contributed by atoms with Gasteiger partial charge in [0, 0.05) is 12.0 Å². The summed E-state index contributed by atoms with van der Waals surface area (Å²) in [6.45, 7) is 0. The minimum Gasteiger partial charge on any atom is -0.310 e. The average molecular weight is 342 g/mol. The fourth-order valence-corrected chi connectivity index (χ4v) is 2.92. The van der Waals surface area contributed by atoms with Crippen molar-refractivity contribution in [3.63, 3.8) is 0 Å². The molecular weight excluding hydrogens is 330 g/mol. The number of halogens is 5. The molecular formula is C12H12Cl2F3N3O. The topological polar surface area (TPSA) is 54.9 Å². The molecule has 1 amide bonds. The van der Waals surface area contributed by atoms with Crippen LogP contribution in [0.5, 0.6) is 0 Å². The maximum atomic E-state index is 13.0. The van der Waals surface area contributed by atoms with Crippen LogP contribution in [-0.2, 0) is 4.79 Å². The zero-order chi connectivity index (χ0) is 15.6. The molecule has 0 saturated heterocycles. The van der Waals surface area contributed by atoms with Gasteiger partial charge in [-0.1, -0.05) is 24.4 Å². The summed E-state index contributed by atoms with van der Waals surface area (Å²) in [6, 6.07) is 1.23.